The van der Waals surface area contributed by atoms with Gasteiger partial charge >= 0.3 is 0 Å². The van der Waals surface area contributed by atoms with Gasteiger partial charge in [-0.2, -0.15) is 0 Å². The van der Waals surface area contributed by atoms with Crippen molar-refractivity contribution < 1.29 is 14.6 Å². The van der Waals surface area contributed by atoms with E-state index in [4.69, 9.17) is 4.52 Å². The van der Waals surface area contributed by atoms with E-state index in [1.807, 2.05) is 6.07 Å². The van der Waals surface area contributed by atoms with Crippen LogP contribution in [0.15, 0.2) is 52.4 Å². The number of quaternary nitrogens is 1. The zero-order chi connectivity index (χ0) is 19.2. The van der Waals surface area contributed by atoms with Crippen molar-refractivity contribution >= 4 is 23.1 Å². The molecule has 2 heterocycles. The lowest BCUT2D eigenvalue weighted by Crippen LogP contribution is -2.87. The van der Waals surface area contributed by atoms with E-state index in [1.54, 1.807) is 24.3 Å². The molecule has 3 rings (SSSR count). The monoisotopic (exact) mass is 384 g/mol. The maximum Gasteiger partial charge on any atom is 0.280 e. The number of hydrogen-bond donors (Lipinski definition) is 2. The van der Waals surface area contributed by atoms with Crippen molar-refractivity contribution in [3.8, 4) is 0 Å². The minimum atomic E-state index is -0.0960. The number of amides is 1. The van der Waals surface area contributed by atoms with Gasteiger partial charge < -0.3 is 15.2 Å². The number of hydrogen-bond acceptors (Lipinski definition) is 4. The van der Waals surface area contributed by atoms with E-state index < -0.39 is 0 Å². The lowest BCUT2D eigenvalue weighted by atomic mass is 9.99. The molecule has 0 aliphatic rings. The van der Waals surface area contributed by atoms with E-state index in [-0.39, 0.29) is 11.9 Å². The van der Waals surface area contributed by atoms with Crippen LogP contribution in [0.1, 0.15) is 41.7 Å². The predicted octanol–water partition coefficient (Wildman–Crippen LogP) is 3.53. The smallest absolute Gasteiger partial charge is 0.280 e. The first-order valence-corrected chi connectivity index (χ1v) is 10.1. The molecule has 6 heteroatoms. The molecule has 1 amide bonds. The summed E-state index contributed by atoms with van der Waals surface area (Å²) in [5.41, 5.74) is 2.55. The first-order chi connectivity index (χ1) is 13.0. The lowest BCUT2D eigenvalue weighted by Gasteiger charge is -2.15. The highest BCUT2D eigenvalue weighted by Gasteiger charge is 2.20. The number of anilines is 1. The van der Waals surface area contributed by atoms with Gasteiger partial charge in [-0.15, -0.1) is 11.3 Å². The molecule has 3 N–H and O–H groups in total. The second-order valence-corrected chi connectivity index (χ2v) is 8.12. The summed E-state index contributed by atoms with van der Waals surface area (Å²) in [6.07, 6.45) is 1.08. The van der Waals surface area contributed by atoms with Crippen molar-refractivity contribution in [1.29, 1.82) is 0 Å². The molecule has 0 bridgehead atoms. The number of aryl methyl sites for hydroxylation is 1. The van der Waals surface area contributed by atoms with Crippen LogP contribution in [-0.4, -0.2) is 17.6 Å². The van der Waals surface area contributed by atoms with Gasteiger partial charge in [-0.1, -0.05) is 49.3 Å². The summed E-state index contributed by atoms with van der Waals surface area (Å²) in [4.78, 5) is 13.5. The number of carbonyl (C=O) groups excluding carboxylic acids is 1. The quantitative estimate of drug-likeness (QED) is 0.624. The van der Waals surface area contributed by atoms with Crippen LogP contribution >= 0.6 is 11.3 Å². The third-order valence-corrected chi connectivity index (χ3v) is 5.22. The summed E-state index contributed by atoms with van der Waals surface area (Å²) in [7, 11) is 0. The first kappa shape index (κ1) is 19.3. The molecule has 142 valence electrons. The van der Waals surface area contributed by atoms with Crippen LogP contribution in [0, 0.1) is 12.8 Å². The van der Waals surface area contributed by atoms with Crippen molar-refractivity contribution in [2.24, 2.45) is 5.92 Å². The molecular formula is C21H26N3O2S+. The largest absolute Gasteiger partial charge is 0.360 e. The lowest BCUT2D eigenvalue weighted by molar-refractivity contribution is -0.675. The molecule has 27 heavy (non-hydrogen) atoms. The highest BCUT2D eigenvalue weighted by atomic mass is 32.1. The van der Waals surface area contributed by atoms with E-state index >= 15 is 0 Å². The summed E-state index contributed by atoms with van der Waals surface area (Å²) in [5, 5.41) is 10.7. The maximum atomic E-state index is 12.3. The van der Waals surface area contributed by atoms with Crippen molar-refractivity contribution in [1.82, 2.24) is 5.16 Å². The van der Waals surface area contributed by atoms with Crippen LogP contribution in [0.5, 0.6) is 0 Å². The molecule has 0 saturated carbocycles. The molecule has 0 aliphatic heterocycles. The number of aromatic nitrogens is 1. The molecule has 0 saturated heterocycles. The fourth-order valence-electron chi connectivity index (χ4n) is 3.06. The van der Waals surface area contributed by atoms with Gasteiger partial charge in [0.15, 0.2) is 12.4 Å². The van der Waals surface area contributed by atoms with Crippen molar-refractivity contribution in [2.45, 2.75) is 33.2 Å². The second-order valence-electron chi connectivity index (χ2n) is 7.14. The zero-order valence-corrected chi connectivity index (χ0v) is 16.8. The van der Waals surface area contributed by atoms with Crippen molar-refractivity contribution in [2.75, 3.05) is 11.9 Å². The Bertz CT molecular complexity index is 854. The number of benzene rings is 1. The molecule has 0 aliphatic carbocycles. The summed E-state index contributed by atoms with van der Waals surface area (Å²) in [6, 6.07) is 14.7. The number of nitrogens with one attached hydrogen (secondary N) is 1. The molecule has 0 unspecified atom stereocenters. The summed E-state index contributed by atoms with van der Waals surface area (Å²) >= 11 is 1.71. The topological polar surface area (TPSA) is 71.7 Å². The van der Waals surface area contributed by atoms with Crippen LogP contribution in [0.2, 0.25) is 0 Å². The molecule has 2 aromatic heterocycles. The molecule has 3 aromatic rings. The standard InChI is InChI=1S/C21H25N3O2S/c1-14(2)11-16-6-8-17(9-7-16)21(18-5-4-10-27-18)22-13-20(25)23-19-12-15(3)26-24-19/h4-10,12,14,21-22H,11,13H2,1-3H3,(H,23,24,25)/p+1/t21-/m1/s1. The Kier molecular flexibility index (Phi) is 6.42. The van der Waals surface area contributed by atoms with Gasteiger partial charge in [0, 0.05) is 11.6 Å². The molecule has 0 radical (unpaired) electrons. The third-order valence-electron chi connectivity index (χ3n) is 4.27. The average Bonchev–Trinajstić information content (AvgIpc) is 3.28. The van der Waals surface area contributed by atoms with Gasteiger partial charge in [-0.3, -0.25) is 4.79 Å². The number of thiophene rings is 1. The van der Waals surface area contributed by atoms with Crippen molar-refractivity contribution in [3.63, 3.8) is 0 Å². The minimum Gasteiger partial charge on any atom is -0.360 e. The number of rotatable bonds is 8. The Hall–Kier alpha value is -2.44. The van der Waals surface area contributed by atoms with E-state index in [1.165, 1.54) is 16.0 Å². The highest BCUT2D eigenvalue weighted by molar-refractivity contribution is 7.10. The van der Waals surface area contributed by atoms with Crippen LogP contribution in [0.25, 0.3) is 0 Å². The normalized spacial score (nSPS) is 12.3. The average molecular weight is 385 g/mol. The van der Waals surface area contributed by atoms with Gasteiger partial charge in [0.05, 0.1) is 4.88 Å². The fraction of sp³-hybridized carbons (Fsp3) is 0.333. The van der Waals surface area contributed by atoms with Crippen LogP contribution in [0.4, 0.5) is 5.82 Å². The summed E-state index contributed by atoms with van der Waals surface area (Å²) < 4.78 is 4.98. The van der Waals surface area contributed by atoms with Crippen LogP contribution < -0.4 is 10.6 Å². The summed E-state index contributed by atoms with van der Waals surface area (Å²) in [5.74, 6) is 1.67. The number of carbonyl (C=O) groups is 1. The minimum absolute atomic E-state index is 0.0960. The molecule has 1 atom stereocenters. The Labute approximate surface area is 163 Å². The van der Waals surface area contributed by atoms with Gasteiger partial charge in [-0.25, -0.2) is 0 Å². The Morgan fingerprint density at radius 1 is 1.26 bits per heavy atom. The molecular weight excluding hydrogens is 358 g/mol. The van der Waals surface area contributed by atoms with Gasteiger partial charge in [-0.05, 0) is 36.3 Å². The highest BCUT2D eigenvalue weighted by Crippen LogP contribution is 2.23. The molecule has 0 fully saturated rings. The molecule has 0 spiro atoms. The Balaban J connectivity index is 1.68. The van der Waals surface area contributed by atoms with Crippen molar-refractivity contribution in [3.05, 3.63) is 69.6 Å². The SMILES string of the molecule is Cc1cc(NC(=O)C[NH2+][C@H](c2ccc(CC(C)C)cc2)c2cccs2)no1. The first-order valence-electron chi connectivity index (χ1n) is 9.20. The van der Waals surface area contributed by atoms with E-state index in [0.717, 1.165) is 6.42 Å². The van der Waals surface area contributed by atoms with Crippen LogP contribution in [0.3, 0.4) is 0 Å². The van der Waals surface area contributed by atoms with E-state index in [0.29, 0.717) is 24.0 Å². The molecule has 5 nitrogen and oxygen atoms in total. The fourth-order valence-corrected chi connectivity index (χ4v) is 3.91. The Morgan fingerprint density at radius 2 is 2.04 bits per heavy atom. The van der Waals surface area contributed by atoms with Crippen LogP contribution in [-0.2, 0) is 11.2 Å². The third kappa shape index (κ3) is 5.52. The molecule has 1 aromatic carbocycles. The Morgan fingerprint density at radius 3 is 2.63 bits per heavy atom. The number of nitrogens with two attached hydrogens (primary N) is 1. The maximum absolute atomic E-state index is 12.3. The predicted molar refractivity (Wildman–Crippen MR) is 108 cm³/mol. The van der Waals surface area contributed by atoms with E-state index in [2.05, 4.69) is 65.3 Å². The van der Waals surface area contributed by atoms with Gasteiger partial charge in [0.2, 0.25) is 0 Å². The second kappa shape index (κ2) is 8.97. The van der Waals surface area contributed by atoms with Gasteiger partial charge in [0.1, 0.15) is 11.8 Å². The number of nitrogens with zero attached hydrogens (tertiary/aromatic N) is 1. The van der Waals surface area contributed by atoms with Gasteiger partial charge in [0.25, 0.3) is 5.91 Å². The zero-order valence-electron chi connectivity index (χ0n) is 15.9. The summed E-state index contributed by atoms with van der Waals surface area (Å²) in [6.45, 7) is 6.56. The van der Waals surface area contributed by atoms with E-state index in [9.17, 15) is 4.79 Å².